The SMILES string of the molecule is CCC[C@@H]1N(C(=O)C2CCCC2)CC[C@]12C(=O)Nc1ccccc12. The fourth-order valence-corrected chi connectivity index (χ4v) is 5.15. The van der Waals surface area contributed by atoms with Gasteiger partial charge in [0.2, 0.25) is 11.8 Å². The molecule has 2 fully saturated rings. The van der Waals surface area contributed by atoms with Crippen LogP contribution < -0.4 is 5.32 Å². The Balaban J connectivity index is 1.71. The summed E-state index contributed by atoms with van der Waals surface area (Å²) >= 11 is 0. The Morgan fingerprint density at radius 2 is 2.04 bits per heavy atom. The van der Waals surface area contributed by atoms with E-state index in [1.54, 1.807) is 0 Å². The number of hydrogen-bond acceptors (Lipinski definition) is 2. The summed E-state index contributed by atoms with van der Waals surface area (Å²) in [5, 5.41) is 3.07. The number of likely N-dealkylation sites (tertiary alicyclic amines) is 1. The molecule has 1 aromatic rings. The third kappa shape index (κ3) is 2.11. The maximum Gasteiger partial charge on any atom is 0.237 e. The van der Waals surface area contributed by atoms with E-state index in [-0.39, 0.29) is 17.9 Å². The lowest BCUT2D eigenvalue weighted by atomic mass is 9.73. The molecule has 2 atom stereocenters. The summed E-state index contributed by atoms with van der Waals surface area (Å²) in [7, 11) is 0. The molecule has 4 heteroatoms. The van der Waals surface area contributed by atoms with E-state index in [9.17, 15) is 9.59 Å². The number of carbonyl (C=O) groups excluding carboxylic acids is 2. The Morgan fingerprint density at radius 3 is 2.79 bits per heavy atom. The molecule has 1 saturated carbocycles. The van der Waals surface area contributed by atoms with Crippen molar-refractivity contribution < 1.29 is 9.59 Å². The van der Waals surface area contributed by atoms with Gasteiger partial charge in [0.05, 0.1) is 11.5 Å². The molecule has 3 aliphatic rings. The van der Waals surface area contributed by atoms with Gasteiger partial charge in [-0.25, -0.2) is 0 Å². The Morgan fingerprint density at radius 1 is 1.29 bits per heavy atom. The van der Waals surface area contributed by atoms with E-state index >= 15 is 0 Å². The van der Waals surface area contributed by atoms with Crippen LogP contribution in [0.5, 0.6) is 0 Å². The zero-order chi connectivity index (χ0) is 16.7. The highest BCUT2D eigenvalue weighted by atomic mass is 16.2. The van der Waals surface area contributed by atoms with Crippen LogP contribution in [0.15, 0.2) is 24.3 Å². The zero-order valence-electron chi connectivity index (χ0n) is 14.4. The van der Waals surface area contributed by atoms with E-state index in [4.69, 9.17) is 0 Å². The maximum atomic E-state index is 13.1. The molecule has 0 bridgehead atoms. The molecule has 1 N–H and O–H groups in total. The van der Waals surface area contributed by atoms with E-state index in [1.165, 1.54) is 0 Å². The van der Waals surface area contributed by atoms with Crippen molar-refractivity contribution in [2.75, 3.05) is 11.9 Å². The van der Waals surface area contributed by atoms with Crippen molar-refractivity contribution in [3.8, 4) is 0 Å². The molecule has 2 aliphatic heterocycles. The summed E-state index contributed by atoms with van der Waals surface area (Å²) < 4.78 is 0. The molecule has 0 unspecified atom stereocenters. The van der Waals surface area contributed by atoms with Gasteiger partial charge < -0.3 is 10.2 Å². The third-order valence-electron chi connectivity index (χ3n) is 6.30. The first-order valence-corrected chi connectivity index (χ1v) is 9.40. The van der Waals surface area contributed by atoms with Gasteiger partial charge in [0.1, 0.15) is 0 Å². The van der Waals surface area contributed by atoms with E-state index in [0.29, 0.717) is 12.5 Å². The van der Waals surface area contributed by atoms with Crippen molar-refractivity contribution in [1.29, 1.82) is 0 Å². The average Bonchev–Trinajstić information content (AvgIpc) is 3.29. The highest BCUT2D eigenvalue weighted by Gasteiger charge is 2.58. The summed E-state index contributed by atoms with van der Waals surface area (Å²) in [4.78, 5) is 28.1. The van der Waals surface area contributed by atoms with Gasteiger partial charge in [0.25, 0.3) is 0 Å². The van der Waals surface area contributed by atoms with Crippen LogP contribution in [0.3, 0.4) is 0 Å². The van der Waals surface area contributed by atoms with Crippen LogP contribution in [-0.2, 0) is 15.0 Å². The molecule has 4 rings (SSSR count). The van der Waals surface area contributed by atoms with Crippen LogP contribution in [0.1, 0.15) is 57.4 Å². The number of rotatable bonds is 3. The van der Waals surface area contributed by atoms with Gasteiger partial charge in [-0.2, -0.15) is 0 Å². The molecule has 1 spiro atoms. The van der Waals surface area contributed by atoms with Crippen molar-refractivity contribution >= 4 is 17.5 Å². The molecule has 24 heavy (non-hydrogen) atoms. The molecule has 2 amide bonds. The number of amides is 2. The molecular weight excluding hydrogens is 300 g/mol. The van der Waals surface area contributed by atoms with Crippen molar-refractivity contribution in [2.45, 2.75) is 63.3 Å². The number of carbonyl (C=O) groups is 2. The Kier molecular flexibility index (Phi) is 3.86. The van der Waals surface area contributed by atoms with Gasteiger partial charge in [0, 0.05) is 18.2 Å². The van der Waals surface area contributed by atoms with Crippen LogP contribution in [0.25, 0.3) is 0 Å². The van der Waals surface area contributed by atoms with Crippen LogP contribution in [0.2, 0.25) is 0 Å². The minimum atomic E-state index is -0.541. The lowest BCUT2D eigenvalue weighted by molar-refractivity contribution is -0.137. The Hall–Kier alpha value is -1.84. The molecular formula is C20H26N2O2. The number of fused-ring (bicyclic) bond motifs is 2. The van der Waals surface area contributed by atoms with E-state index in [2.05, 4.69) is 23.2 Å². The van der Waals surface area contributed by atoms with Crippen molar-refractivity contribution in [3.63, 3.8) is 0 Å². The normalized spacial score (nSPS) is 29.3. The quantitative estimate of drug-likeness (QED) is 0.924. The van der Waals surface area contributed by atoms with Gasteiger partial charge in [-0.1, -0.05) is 44.4 Å². The van der Waals surface area contributed by atoms with Crippen LogP contribution in [0.4, 0.5) is 5.69 Å². The predicted molar refractivity (Wildman–Crippen MR) is 93.7 cm³/mol. The molecule has 128 valence electrons. The number of benzene rings is 1. The monoisotopic (exact) mass is 326 g/mol. The second-order valence-electron chi connectivity index (χ2n) is 7.54. The first kappa shape index (κ1) is 15.7. The van der Waals surface area contributed by atoms with E-state index in [1.807, 2.05) is 18.2 Å². The fraction of sp³-hybridized carbons (Fsp3) is 0.600. The fourth-order valence-electron chi connectivity index (χ4n) is 5.15. The maximum absolute atomic E-state index is 13.1. The largest absolute Gasteiger partial charge is 0.338 e. The average molecular weight is 326 g/mol. The highest BCUT2D eigenvalue weighted by Crippen LogP contribution is 2.50. The minimum Gasteiger partial charge on any atom is -0.338 e. The topological polar surface area (TPSA) is 49.4 Å². The second-order valence-corrected chi connectivity index (χ2v) is 7.54. The zero-order valence-corrected chi connectivity index (χ0v) is 14.4. The Bertz CT molecular complexity index is 665. The molecule has 4 nitrogen and oxygen atoms in total. The van der Waals surface area contributed by atoms with Gasteiger partial charge in [-0.15, -0.1) is 0 Å². The molecule has 1 aliphatic carbocycles. The molecule has 0 radical (unpaired) electrons. The number of nitrogens with zero attached hydrogens (tertiary/aromatic N) is 1. The summed E-state index contributed by atoms with van der Waals surface area (Å²) in [6.45, 7) is 2.85. The minimum absolute atomic E-state index is 0.000694. The van der Waals surface area contributed by atoms with E-state index < -0.39 is 5.41 Å². The number of nitrogens with one attached hydrogen (secondary N) is 1. The number of para-hydroxylation sites is 1. The highest BCUT2D eigenvalue weighted by molar-refractivity contribution is 6.07. The van der Waals surface area contributed by atoms with Crippen LogP contribution in [0, 0.1) is 5.92 Å². The molecule has 0 aromatic heterocycles. The molecule has 1 aromatic carbocycles. The third-order valence-corrected chi connectivity index (χ3v) is 6.30. The van der Waals surface area contributed by atoms with Gasteiger partial charge in [-0.05, 0) is 37.3 Å². The lowest BCUT2D eigenvalue weighted by Crippen LogP contribution is -2.49. The Labute approximate surface area is 143 Å². The molecule has 2 heterocycles. The number of anilines is 1. The summed E-state index contributed by atoms with van der Waals surface area (Å²) in [5.74, 6) is 0.558. The second kappa shape index (κ2) is 5.91. The van der Waals surface area contributed by atoms with Gasteiger partial charge in [-0.3, -0.25) is 9.59 Å². The predicted octanol–water partition coefficient (Wildman–Crippen LogP) is 3.47. The lowest BCUT2D eigenvalue weighted by Gasteiger charge is -2.35. The summed E-state index contributed by atoms with van der Waals surface area (Å²) in [6, 6.07) is 8.01. The first-order chi connectivity index (χ1) is 11.7. The summed E-state index contributed by atoms with van der Waals surface area (Å²) in [5.41, 5.74) is 1.48. The summed E-state index contributed by atoms with van der Waals surface area (Å²) in [6.07, 6.45) is 6.98. The van der Waals surface area contributed by atoms with Gasteiger partial charge >= 0.3 is 0 Å². The van der Waals surface area contributed by atoms with Crippen molar-refractivity contribution in [2.24, 2.45) is 5.92 Å². The standard InChI is InChI=1S/C20H26N2O2/c1-2-7-17-20(15-10-5-6-11-16(15)21-19(20)24)12-13-22(17)18(23)14-8-3-4-9-14/h5-6,10-11,14,17H,2-4,7-9,12-13H2,1H3,(H,21,24)/t17-,20+/m0/s1. The van der Waals surface area contributed by atoms with E-state index in [0.717, 1.165) is 56.2 Å². The molecule has 1 saturated heterocycles. The smallest absolute Gasteiger partial charge is 0.237 e. The van der Waals surface area contributed by atoms with Crippen molar-refractivity contribution in [3.05, 3.63) is 29.8 Å². The number of hydrogen-bond donors (Lipinski definition) is 1. The van der Waals surface area contributed by atoms with Crippen LogP contribution >= 0.6 is 0 Å². The van der Waals surface area contributed by atoms with Crippen LogP contribution in [-0.4, -0.2) is 29.3 Å². The van der Waals surface area contributed by atoms with Crippen molar-refractivity contribution in [1.82, 2.24) is 4.90 Å². The first-order valence-electron chi connectivity index (χ1n) is 9.40. The van der Waals surface area contributed by atoms with Gasteiger partial charge in [0.15, 0.2) is 0 Å².